The average Bonchev–Trinajstić information content (AvgIpc) is 2.87. The number of pyridine rings is 1. The Bertz CT molecular complexity index is 1330. The van der Waals surface area contributed by atoms with Gasteiger partial charge in [-0.1, -0.05) is 37.3 Å². The monoisotopic (exact) mass is 442 g/mol. The zero-order valence-electron chi connectivity index (χ0n) is 19.8. The van der Waals surface area contributed by atoms with Gasteiger partial charge >= 0.3 is 0 Å². The fraction of sp³-hybridized carbons (Fsp3) is 0.321. The van der Waals surface area contributed by atoms with E-state index in [0.717, 1.165) is 55.0 Å². The number of hydrogen-bond acceptors (Lipinski definition) is 5. The van der Waals surface area contributed by atoms with Crippen LogP contribution in [0.4, 0.5) is 0 Å². The van der Waals surface area contributed by atoms with Crippen molar-refractivity contribution in [3.63, 3.8) is 0 Å². The number of rotatable bonds is 6. The molecule has 0 bridgehead atoms. The molecular formula is C28H30N2O3. The Kier molecular flexibility index (Phi) is 5.81. The van der Waals surface area contributed by atoms with E-state index in [0.29, 0.717) is 11.5 Å². The molecule has 4 aromatic rings. The molecule has 0 unspecified atom stereocenters. The van der Waals surface area contributed by atoms with Crippen LogP contribution in [0.2, 0.25) is 0 Å². The van der Waals surface area contributed by atoms with E-state index in [1.807, 2.05) is 12.1 Å². The third kappa shape index (κ3) is 3.66. The van der Waals surface area contributed by atoms with E-state index in [4.69, 9.17) is 19.2 Å². The molecule has 3 aromatic carbocycles. The number of ether oxygens (including phenoxy) is 3. The van der Waals surface area contributed by atoms with Crippen molar-refractivity contribution >= 4 is 21.7 Å². The predicted molar refractivity (Wildman–Crippen MR) is 134 cm³/mol. The predicted octanol–water partition coefficient (Wildman–Crippen LogP) is 5.85. The third-order valence-electron chi connectivity index (χ3n) is 6.65. The number of hydrogen-bond donors (Lipinski definition) is 0. The van der Waals surface area contributed by atoms with Crippen LogP contribution in [0.3, 0.4) is 0 Å². The molecule has 0 saturated heterocycles. The SMILES string of the molecule is CCCN1CCc2c(c(-c3cc(OC)c(OC)cc3OC)nc3ccc4ccccc4c23)C1. The molecule has 33 heavy (non-hydrogen) atoms. The fourth-order valence-electron chi connectivity index (χ4n) is 5.12. The van der Waals surface area contributed by atoms with E-state index in [2.05, 4.69) is 48.2 Å². The summed E-state index contributed by atoms with van der Waals surface area (Å²) < 4.78 is 16.9. The summed E-state index contributed by atoms with van der Waals surface area (Å²) in [6.45, 7) is 5.25. The first-order valence-electron chi connectivity index (χ1n) is 11.5. The number of aromatic nitrogens is 1. The second-order valence-corrected chi connectivity index (χ2v) is 8.53. The Labute approximate surface area is 194 Å². The van der Waals surface area contributed by atoms with E-state index in [9.17, 15) is 0 Å². The highest BCUT2D eigenvalue weighted by atomic mass is 16.5. The molecule has 1 aromatic heterocycles. The summed E-state index contributed by atoms with van der Waals surface area (Å²) in [7, 11) is 4.99. The van der Waals surface area contributed by atoms with Crippen molar-refractivity contribution in [2.75, 3.05) is 34.4 Å². The van der Waals surface area contributed by atoms with Gasteiger partial charge in [0.25, 0.3) is 0 Å². The van der Waals surface area contributed by atoms with Crippen molar-refractivity contribution in [2.24, 2.45) is 0 Å². The second kappa shape index (κ2) is 8.91. The Morgan fingerprint density at radius 2 is 1.64 bits per heavy atom. The lowest BCUT2D eigenvalue weighted by Crippen LogP contribution is -2.32. The first kappa shape index (κ1) is 21.5. The molecule has 0 N–H and O–H groups in total. The minimum absolute atomic E-state index is 0.645. The van der Waals surface area contributed by atoms with Crippen molar-refractivity contribution in [1.82, 2.24) is 9.88 Å². The maximum atomic E-state index is 5.80. The molecule has 0 atom stereocenters. The van der Waals surface area contributed by atoms with Crippen LogP contribution >= 0.6 is 0 Å². The molecule has 1 aliphatic rings. The van der Waals surface area contributed by atoms with Gasteiger partial charge in [0.15, 0.2) is 11.5 Å². The van der Waals surface area contributed by atoms with Gasteiger partial charge < -0.3 is 14.2 Å². The van der Waals surface area contributed by atoms with Crippen LogP contribution in [0.25, 0.3) is 32.9 Å². The normalized spacial score (nSPS) is 13.8. The number of benzene rings is 3. The van der Waals surface area contributed by atoms with Gasteiger partial charge in [-0.05, 0) is 53.4 Å². The van der Waals surface area contributed by atoms with Gasteiger partial charge in [0.1, 0.15) is 5.75 Å². The summed E-state index contributed by atoms with van der Waals surface area (Å²) in [5.74, 6) is 2.05. The smallest absolute Gasteiger partial charge is 0.164 e. The second-order valence-electron chi connectivity index (χ2n) is 8.53. The summed E-state index contributed by atoms with van der Waals surface area (Å²) in [6, 6.07) is 16.8. The van der Waals surface area contributed by atoms with Crippen molar-refractivity contribution in [3.8, 4) is 28.5 Å². The highest BCUT2D eigenvalue weighted by molar-refractivity contribution is 6.09. The molecule has 5 rings (SSSR count). The van der Waals surface area contributed by atoms with Crippen LogP contribution in [0.1, 0.15) is 24.5 Å². The average molecular weight is 443 g/mol. The van der Waals surface area contributed by atoms with Crippen molar-refractivity contribution < 1.29 is 14.2 Å². The van der Waals surface area contributed by atoms with E-state index in [-0.39, 0.29) is 0 Å². The topological polar surface area (TPSA) is 43.8 Å². The molecule has 5 heteroatoms. The van der Waals surface area contributed by atoms with E-state index in [1.54, 1.807) is 21.3 Å². The minimum Gasteiger partial charge on any atom is -0.496 e. The molecule has 0 spiro atoms. The Morgan fingerprint density at radius 1 is 0.879 bits per heavy atom. The van der Waals surface area contributed by atoms with Gasteiger partial charge in [0.05, 0.1) is 32.5 Å². The Morgan fingerprint density at radius 3 is 2.39 bits per heavy atom. The van der Waals surface area contributed by atoms with E-state index < -0.39 is 0 Å². The Hall–Kier alpha value is -3.31. The van der Waals surface area contributed by atoms with Gasteiger partial charge in [0.2, 0.25) is 0 Å². The van der Waals surface area contributed by atoms with Gasteiger partial charge in [-0.3, -0.25) is 4.90 Å². The summed E-state index contributed by atoms with van der Waals surface area (Å²) in [5.41, 5.74) is 5.59. The molecule has 1 aliphatic heterocycles. The van der Waals surface area contributed by atoms with Crippen LogP contribution in [0.5, 0.6) is 17.2 Å². The maximum absolute atomic E-state index is 5.80. The molecule has 0 fully saturated rings. The lowest BCUT2D eigenvalue weighted by molar-refractivity contribution is 0.255. The number of nitrogens with zero attached hydrogens (tertiary/aromatic N) is 2. The van der Waals surface area contributed by atoms with Crippen molar-refractivity contribution in [2.45, 2.75) is 26.3 Å². The Balaban J connectivity index is 1.83. The molecule has 0 saturated carbocycles. The van der Waals surface area contributed by atoms with E-state index >= 15 is 0 Å². The van der Waals surface area contributed by atoms with Crippen LogP contribution in [-0.4, -0.2) is 44.3 Å². The quantitative estimate of drug-likeness (QED) is 0.351. The molecule has 0 amide bonds. The van der Waals surface area contributed by atoms with Crippen LogP contribution in [0, 0.1) is 0 Å². The highest BCUT2D eigenvalue weighted by Gasteiger charge is 2.26. The zero-order chi connectivity index (χ0) is 22.9. The standard InChI is InChI=1S/C28H30N2O3/c1-5-13-30-14-12-20-22(17-30)28(21-15-25(32-3)26(33-4)16-24(21)31-2)29-23-11-10-18-8-6-7-9-19(18)27(20)23/h6-11,15-16H,5,12-14,17H2,1-4H3. The van der Waals surface area contributed by atoms with Crippen molar-refractivity contribution in [1.29, 1.82) is 0 Å². The summed E-state index contributed by atoms with van der Waals surface area (Å²) >= 11 is 0. The number of methoxy groups -OCH3 is 3. The van der Waals surface area contributed by atoms with Crippen LogP contribution in [0.15, 0.2) is 48.5 Å². The fourth-order valence-corrected chi connectivity index (χ4v) is 5.12. The molecule has 0 radical (unpaired) electrons. The molecule has 0 aliphatic carbocycles. The molecular weight excluding hydrogens is 412 g/mol. The van der Waals surface area contributed by atoms with Gasteiger partial charge in [-0.15, -0.1) is 0 Å². The van der Waals surface area contributed by atoms with Gasteiger partial charge in [-0.2, -0.15) is 0 Å². The lowest BCUT2D eigenvalue weighted by Gasteiger charge is -2.31. The molecule has 5 nitrogen and oxygen atoms in total. The van der Waals surface area contributed by atoms with Gasteiger partial charge in [-0.25, -0.2) is 4.98 Å². The highest BCUT2D eigenvalue weighted by Crippen LogP contribution is 2.44. The summed E-state index contributed by atoms with van der Waals surface area (Å²) in [5, 5.41) is 3.80. The van der Waals surface area contributed by atoms with E-state index in [1.165, 1.54) is 27.3 Å². The van der Waals surface area contributed by atoms with Crippen LogP contribution in [-0.2, 0) is 13.0 Å². The summed E-state index contributed by atoms with van der Waals surface area (Å²) in [4.78, 5) is 7.77. The summed E-state index contributed by atoms with van der Waals surface area (Å²) in [6.07, 6.45) is 2.14. The number of fused-ring (bicyclic) bond motifs is 5. The first-order chi connectivity index (χ1) is 16.2. The maximum Gasteiger partial charge on any atom is 0.164 e. The molecule has 2 heterocycles. The van der Waals surface area contributed by atoms with Gasteiger partial charge in [0, 0.05) is 30.1 Å². The third-order valence-corrected chi connectivity index (χ3v) is 6.65. The van der Waals surface area contributed by atoms with Crippen LogP contribution < -0.4 is 14.2 Å². The molecule has 170 valence electrons. The largest absolute Gasteiger partial charge is 0.496 e. The van der Waals surface area contributed by atoms with Crippen molar-refractivity contribution in [3.05, 3.63) is 59.7 Å². The minimum atomic E-state index is 0.645. The first-order valence-corrected chi connectivity index (χ1v) is 11.5. The lowest BCUT2D eigenvalue weighted by atomic mass is 9.89. The zero-order valence-corrected chi connectivity index (χ0v) is 19.8.